The zero-order valence-electron chi connectivity index (χ0n) is 11.4. The quantitative estimate of drug-likeness (QED) is 0.380. The Balaban J connectivity index is 1.75. The van der Waals surface area contributed by atoms with Gasteiger partial charge in [-0.25, -0.2) is 4.98 Å². The largest absolute Gasteiger partial charge is 0.409 e. The Morgan fingerprint density at radius 3 is 2.67 bits per heavy atom. The highest BCUT2D eigenvalue weighted by Crippen LogP contribution is 2.24. The summed E-state index contributed by atoms with van der Waals surface area (Å²) >= 11 is 1.65. The van der Waals surface area contributed by atoms with Crippen LogP contribution in [0.25, 0.3) is 0 Å². The molecule has 1 fully saturated rings. The van der Waals surface area contributed by atoms with Gasteiger partial charge in [0.2, 0.25) is 0 Å². The number of hydrogen-bond acceptors (Lipinski definition) is 7. The van der Waals surface area contributed by atoms with Crippen molar-refractivity contribution in [3.63, 3.8) is 0 Å². The van der Waals surface area contributed by atoms with Crippen molar-refractivity contribution in [2.75, 3.05) is 36.0 Å². The minimum absolute atomic E-state index is 0.106. The van der Waals surface area contributed by atoms with E-state index in [1.165, 1.54) is 0 Å². The van der Waals surface area contributed by atoms with Crippen molar-refractivity contribution < 1.29 is 5.21 Å². The topological polar surface area (TPSA) is 90.9 Å². The molecule has 2 aromatic heterocycles. The van der Waals surface area contributed by atoms with Crippen molar-refractivity contribution in [1.82, 2.24) is 9.97 Å². The highest BCUT2D eigenvalue weighted by Gasteiger charge is 2.21. The van der Waals surface area contributed by atoms with Crippen molar-refractivity contribution >= 4 is 28.0 Å². The molecule has 0 unspecified atom stereocenters. The number of nitrogens with zero attached hydrogens (tertiary/aromatic N) is 5. The van der Waals surface area contributed by atoms with E-state index in [1.807, 2.05) is 11.6 Å². The highest BCUT2D eigenvalue weighted by atomic mass is 32.1. The van der Waals surface area contributed by atoms with Gasteiger partial charge in [0.25, 0.3) is 0 Å². The Morgan fingerprint density at radius 1 is 1.24 bits per heavy atom. The zero-order valence-corrected chi connectivity index (χ0v) is 12.2. The predicted molar refractivity (Wildman–Crippen MR) is 83.3 cm³/mol. The lowest BCUT2D eigenvalue weighted by molar-refractivity contribution is 0.318. The van der Waals surface area contributed by atoms with E-state index in [4.69, 9.17) is 10.9 Å². The van der Waals surface area contributed by atoms with Gasteiger partial charge in [0, 0.05) is 49.5 Å². The standard InChI is InChI=1S/C13H16N6OS/c14-12(17-20)10-1-2-15-9-11(10)18-4-6-19(7-5-18)13-16-3-8-21-13/h1-3,8-9,20H,4-7H2,(H2,14,17). The van der Waals surface area contributed by atoms with Crippen LogP contribution in [0.3, 0.4) is 0 Å². The van der Waals surface area contributed by atoms with Crippen LogP contribution in [0.5, 0.6) is 0 Å². The second-order valence-corrected chi connectivity index (χ2v) is 5.54. The number of nitrogens with two attached hydrogens (primary N) is 1. The first-order valence-corrected chi connectivity index (χ1v) is 7.49. The normalized spacial score (nSPS) is 16.3. The number of rotatable bonds is 3. The molecule has 3 rings (SSSR count). The van der Waals surface area contributed by atoms with E-state index in [2.05, 4.69) is 24.9 Å². The minimum Gasteiger partial charge on any atom is -0.409 e. The second kappa shape index (κ2) is 5.96. The molecule has 3 N–H and O–H groups in total. The first-order chi connectivity index (χ1) is 10.3. The average Bonchev–Trinajstić information content (AvgIpc) is 3.09. The van der Waals surface area contributed by atoms with Gasteiger partial charge < -0.3 is 20.7 Å². The summed E-state index contributed by atoms with van der Waals surface area (Å²) in [5.41, 5.74) is 7.33. The Labute approximate surface area is 126 Å². The van der Waals surface area contributed by atoms with Crippen LogP contribution in [-0.2, 0) is 0 Å². The minimum atomic E-state index is 0.106. The molecule has 0 spiro atoms. The van der Waals surface area contributed by atoms with E-state index in [0.29, 0.717) is 5.56 Å². The molecule has 0 amide bonds. The summed E-state index contributed by atoms with van der Waals surface area (Å²) in [4.78, 5) is 13.0. The molecule has 1 aliphatic rings. The molecule has 0 bridgehead atoms. The third-order valence-electron chi connectivity index (χ3n) is 3.49. The van der Waals surface area contributed by atoms with Gasteiger partial charge in [-0.05, 0) is 6.07 Å². The van der Waals surface area contributed by atoms with Crippen LogP contribution in [0.1, 0.15) is 5.56 Å². The van der Waals surface area contributed by atoms with E-state index in [-0.39, 0.29) is 5.84 Å². The molecule has 1 saturated heterocycles. The molecule has 21 heavy (non-hydrogen) atoms. The molecule has 0 saturated carbocycles. The molecular formula is C13H16N6OS. The van der Waals surface area contributed by atoms with Crippen molar-refractivity contribution in [3.05, 3.63) is 35.6 Å². The van der Waals surface area contributed by atoms with Gasteiger partial charge in [-0.2, -0.15) is 0 Å². The lowest BCUT2D eigenvalue weighted by Gasteiger charge is -2.36. The third kappa shape index (κ3) is 2.75. The number of amidine groups is 1. The van der Waals surface area contributed by atoms with Gasteiger partial charge >= 0.3 is 0 Å². The van der Waals surface area contributed by atoms with Crippen LogP contribution in [-0.4, -0.2) is 47.2 Å². The van der Waals surface area contributed by atoms with Crippen LogP contribution < -0.4 is 15.5 Å². The van der Waals surface area contributed by atoms with E-state index in [1.54, 1.807) is 29.8 Å². The predicted octanol–water partition coefficient (Wildman–Crippen LogP) is 0.959. The first kappa shape index (κ1) is 13.6. The number of piperazine rings is 1. The molecule has 8 heteroatoms. The first-order valence-electron chi connectivity index (χ1n) is 6.61. The molecule has 1 aliphatic heterocycles. The Bertz CT molecular complexity index is 621. The maximum absolute atomic E-state index is 8.89. The highest BCUT2D eigenvalue weighted by molar-refractivity contribution is 7.13. The maximum atomic E-state index is 8.89. The summed E-state index contributed by atoms with van der Waals surface area (Å²) in [5.74, 6) is 0.106. The lowest BCUT2D eigenvalue weighted by Crippen LogP contribution is -2.47. The van der Waals surface area contributed by atoms with Crippen molar-refractivity contribution in [2.45, 2.75) is 0 Å². The smallest absolute Gasteiger partial charge is 0.185 e. The molecule has 0 atom stereocenters. The van der Waals surface area contributed by atoms with Gasteiger partial charge in [-0.1, -0.05) is 5.16 Å². The monoisotopic (exact) mass is 304 g/mol. The van der Waals surface area contributed by atoms with Gasteiger partial charge in [-0.15, -0.1) is 11.3 Å². The average molecular weight is 304 g/mol. The molecule has 110 valence electrons. The summed E-state index contributed by atoms with van der Waals surface area (Å²) in [6.45, 7) is 3.46. The Hall–Kier alpha value is -2.35. The molecule has 3 heterocycles. The maximum Gasteiger partial charge on any atom is 0.185 e. The molecule has 0 radical (unpaired) electrons. The van der Waals surface area contributed by atoms with Crippen LogP contribution in [0, 0.1) is 0 Å². The summed E-state index contributed by atoms with van der Waals surface area (Å²) in [7, 11) is 0. The third-order valence-corrected chi connectivity index (χ3v) is 4.33. The number of thiazole rings is 1. The molecular weight excluding hydrogens is 288 g/mol. The summed E-state index contributed by atoms with van der Waals surface area (Å²) in [5, 5.41) is 15.0. The number of anilines is 2. The molecule has 7 nitrogen and oxygen atoms in total. The van der Waals surface area contributed by atoms with Crippen molar-refractivity contribution in [2.24, 2.45) is 10.9 Å². The Kier molecular flexibility index (Phi) is 3.87. The number of hydrogen-bond donors (Lipinski definition) is 2. The summed E-state index contributed by atoms with van der Waals surface area (Å²) in [6.07, 6.45) is 5.22. The van der Waals surface area contributed by atoms with Crippen molar-refractivity contribution in [3.8, 4) is 0 Å². The fourth-order valence-electron chi connectivity index (χ4n) is 2.42. The SMILES string of the molecule is N/C(=N/O)c1ccncc1N1CCN(c2nccs2)CC1. The van der Waals surface area contributed by atoms with Crippen molar-refractivity contribution in [1.29, 1.82) is 0 Å². The number of aromatic nitrogens is 2. The fraction of sp³-hybridized carbons (Fsp3) is 0.308. The van der Waals surface area contributed by atoms with Crippen LogP contribution >= 0.6 is 11.3 Å². The van der Waals surface area contributed by atoms with Gasteiger partial charge in [0.15, 0.2) is 11.0 Å². The van der Waals surface area contributed by atoms with E-state index in [0.717, 1.165) is 37.0 Å². The lowest BCUT2D eigenvalue weighted by atomic mass is 10.1. The van der Waals surface area contributed by atoms with Crippen LogP contribution in [0.4, 0.5) is 10.8 Å². The summed E-state index contributed by atoms with van der Waals surface area (Å²) < 4.78 is 0. The number of pyridine rings is 1. The Morgan fingerprint density at radius 2 is 2.00 bits per heavy atom. The number of oxime groups is 1. The van der Waals surface area contributed by atoms with E-state index >= 15 is 0 Å². The fourth-order valence-corrected chi connectivity index (χ4v) is 3.12. The zero-order chi connectivity index (χ0) is 14.7. The van der Waals surface area contributed by atoms with Gasteiger partial charge in [-0.3, -0.25) is 4.98 Å². The van der Waals surface area contributed by atoms with Crippen LogP contribution in [0.2, 0.25) is 0 Å². The molecule has 0 aromatic carbocycles. The second-order valence-electron chi connectivity index (χ2n) is 4.67. The van der Waals surface area contributed by atoms with Gasteiger partial charge in [0.1, 0.15) is 0 Å². The van der Waals surface area contributed by atoms with Crippen LogP contribution in [0.15, 0.2) is 35.2 Å². The van der Waals surface area contributed by atoms with Gasteiger partial charge in [0.05, 0.1) is 11.9 Å². The summed E-state index contributed by atoms with van der Waals surface area (Å²) in [6, 6.07) is 1.76. The molecule has 2 aromatic rings. The van der Waals surface area contributed by atoms with E-state index < -0.39 is 0 Å². The van der Waals surface area contributed by atoms with E-state index in [9.17, 15) is 0 Å². The molecule has 0 aliphatic carbocycles.